The number of amides is 2. The van der Waals surface area contributed by atoms with E-state index < -0.39 is 28.5 Å². The van der Waals surface area contributed by atoms with Crippen LogP contribution in [0.25, 0.3) is 0 Å². The van der Waals surface area contributed by atoms with Crippen molar-refractivity contribution in [3.8, 4) is 0 Å². The average Bonchev–Trinajstić information content (AvgIpc) is 2.98. The Morgan fingerprint density at radius 2 is 1.56 bits per heavy atom. The standard InChI is InChI=1S/C34H42BrN3O4S/c1-25(2)30-19-10-11-20-31(30)38(43(3,41)42)24-33(39)37(23-27-15-12-16-28(35)21-27)32(22-26-13-6-4-7-14-26)34(40)36-29-17-8-5-9-18-29/h4,6-7,10-16,19-21,25,29,32H,5,8-9,17-18,22-24H2,1-3H3,(H,36,40)/t32-/m1/s1. The van der Waals surface area contributed by atoms with E-state index in [9.17, 15) is 18.0 Å². The van der Waals surface area contributed by atoms with Gasteiger partial charge in [0.1, 0.15) is 12.6 Å². The molecular formula is C34H42BrN3O4S. The number of nitrogens with one attached hydrogen (secondary N) is 1. The van der Waals surface area contributed by atoms with Crippen LogP contribution in [-0.4, -0.2) is 50.0 Å². The predicted octanol–water partition coefficient (Wildman–Crippen LogP) is 6.43. The van der Waals surface area contributed by atoms with E-state index >= 15 is 0 Å². The number of para-hydroxylation sites is 1. The van der Waals surface area contributed by atoms with Gasteiger partial charge in [-0.2, -0.15) is 0 Å². The second-order valence-corrected chi connectivity index (χ2v) is 14.5. The normalized spacial score (nSPS) is 14.7. The summed E-state index contributed by atoms with van der Waals surface area (Å²) in [5.74, 6) is -0.614. The number of sulfonamides is 1. The summed E-state index contributed by atoms with van der Waals surface area (Å²) in [4.78, 5) is 30.0. The van der Waals surface area contributed by atoms with Crippen LogP contribution in [-0.2, 0) is 32.6 Å². The molecule has 1 N–H and O–H groups in total. The summed E-state index contributed by atoms with van der Waals surface area (Å²) in [5.41, 5.74) is 3.06. The highest BCUT2D eigenvalue weighted by Gasteiger charge is 2.34. The van der Waals surface area contributed by atoms with Crippen molar-refractivity contribution in [3.05, 3.63) is 100 Å². The van der Waals surface area contributed by atoms with Crippen LogP contribution < -0.4 is 9.62 Å². The quantitative estimate of drug-likeness (QED) is 0.241. The van der Waals surface area contributed by atoms with Crippen LogP contribution in [0.2, 0.25) is 0 Å². The zero-order valence-electron chi connectivity index (χ0n) is 25.2. The van der Waals surface area contributed by atoms with E-state index in [1.54, 1.807) is 17.0 Å². The number of hydrogen-bond acceptors (Lipinski definition) is 4. The third-order valence-corrected chi connectivity index (χ3v) is 9.59. The van der Waals surface area contributed by atoms with Crippen LogP contribution in [0.1, 0.15) is 68.6 Å². The highest BCUT2D eigenvalue weighted by Crippen LogP contribution is 2.29. The third-order valence-electron chi connectivity index (χ3n) is 7.97. The maximum atomic E-state index is 14.4. The van der Waals surface area contributed by atoms with Crippen molar-refractivity contribution in [3.63, 3.8) is 0 Å². The first-order valence-electron chi connectivity index (χ1n) is 15.0. The summed E-state index contributed by atoms with van der Waals surface area (Å²) in [5, 5.41) is 3.24. The molecule has 43 heavy (non-hydrogen) atoms. The molecule has 0 heterocycles. The molecule has 0 aromatic heterocycles. The first kappa shape index (κ1) is 32.7. The maximum Gasteiger partial charge on any atom is 0.244 e. The van der Waals surface area contributed by atoms with Gasteiger partial charge in [0.05, 0.1) is 11.9 Å². The van der Waals surface area contributed by atoms with Gasteiger partial charge >= 0.3 is 0 Å². The number of hydrogen-bond donors (Lipinski definition) is 1. The Morgan fingerprint density at radius 3 is 2.21 bits per heavy atom. The van der Waals surface area contributed by atoms with E-state index in [4.69, 9.17) is 0 Å². The summed E-state index contributed by atoms with van der Waals surface area (Å²) < 4.78 is 28.4. The minimum absolute atomic E-state index is 0.0421. The molecule has 1 fully saturated rings. The lowest BCUT2D eigenvalue weighted by molar-refractivity contribution is -0.140. The summed E-state index contributed by atoms with van der Waals surface area (Å²) >= 11 is 3.52. The molecule has 0 spiro atoms. The monoisotopic (exact) mass is 667 g/mol. The van der Waals surface area contributed by atoms with Crippen molar-refractivity contribution in [1.29, 1.82) is 0 Å². The van der Waals surface area contributed by atoms with Crippen molar-refractivity contribution in [1.82, 2.24) is 10.2 Å². The van der Waals surface area contributed by atoms with Gasteiger partial charge in [-0.15, -0.1) is 0 Å². The molecule has 1 aliphatic carbocycles. The Kier molecular flexibility index (Phi) is 11.4. The number of halogens is 1. The van der Waals surface area contributed by atoms with Crippen molar-refractivity contribution >= 4 is 43.5 Å². The molecule has 0 bridgehead atoms. The van der Waals surface area contributed by atoms with E-state index in [0.29, 0.717) is 12.1 Å². The molecule has 0 radical (unpaired) electrons. The fourth-order valence-corrected chi connectivity index (χ4v) is 7.04. The van der Waals surface area contributed by atoms with E-state index in [1.807, 2.05) is 80.6 Å². The largest absolute Gasteiger partial charge is 0.352 e. The third kappa shape index (κ3) is 9.16. The average molecular weight is 669 g/mol. The lowest BCUT2D eigenvalue weighted by Crippen LogP contribution is -2.55. The van der Waals surface area contributed by atoms with Crippen LogP contribution in [0, 0.1) is 0 Å². The number of rotatable bonds is 12. The van der Waals surface area contributed by atoms with Crippen molar-refractivity contribution < 1.29 is 18.0 Å². The molecule has 1 atom stereocenters. The number of anilines is 1. The number of carbonyl (C=O) groups is 2. The van der Waals surface area contributed by atoms with Gasteiger partial charge in [-0.05, 0) is 53.6 Å². The molecule has 230 valence electrons. The topological polar surface area (TPSA) is 86.8 Å². The SMILES string of the molecule is CC(C)c1ccccc1N(CC(=O)N(Cc1cccc(Br)c1)[C@H](Cc1ccccc1)C(=O)NC1CCCCC1)S(C)(=O)=O. The second-order valence-electron chi connectivity index (χ2n) is 11.7. The molecular weight excluding hydrogens is 626 g/mol. The van der Waals surface area contributed by atoms with Gasteiger partial charge < -0.3 is 10.2 Å². The van der Waals surface area contributed by atoms with Crippen LogP contribution >= 0.6 is 15.9 Å². The van der Waals surface area contributed by atoms with E-state index in [1.165, 1.54) is 4.31 Å². The molecule has 3 aromatic carbocycles. The van der Waals surface area contributed by atoms with Crippen LogP contribution in [0.15, 0.2) is 83.3 Å². The van der Waals surface area contributed by atoms with Crippen molar-refractivity contribution in [2.24, 2.45) is 0 Å². The zero-order valence-corrected chi connectivity index (χ0v) is 27.6. The Morgan fingerprint density at radius 1 is 0.907 bits per heavy atom. The van der Waals surface area contributed by atoms with E-state index in [0.717, 1.165) is 59.5 Å². The molecule has 1 aliphatic rings. The van der Waals surface area contributed by atoms with Crippen LogP contribution in [0.3, 0.4) is 0 Å². The minimum Gasteiger partial charge on any atom is -0.352 e. The minimum atomic E-state index is -3.83. The molecule has 7 nitrogen and oxygen atoms in total. The van der Waals surface area contributed by atoms with Crippen molar-refractivity contribution in [2.45, 2.75) is 76.9 Å². The summed E-state index contributed by atoms with van der Waals surface area (Å²) in [7, 11) is -3.83. The molecule has 0 saturated heterocycles. The molecule has 2 amide bonds. The van der Waals surface area contributed by atoms with Gasteiger partial charge in [0, 0.05) is 23.5 Å². The van der Waals surface area contributed by atoms with Crippen LogP contribution in [0.5, 0.6) is 0 Å². The Labute approximate surface area is 264 Å². The van der Waals surface area contributed by atoms with Gasteiger partial charge in [-0.1, -0.05) is 110 Å². The Hall–Kier alpha value is -3.17. The van der Waals surface area contributed by atoms with Crippen molar-refractivity contribution in [2.75, 3.05) is 17.1 Å². The Bertz CT molecular complexity index is 1490. The van der Waals surface area contributed by atoms with Gasteiger partial charge in [0.15, 0.2) is 0 Å². The fraction of sp³-hybridized carbons (Fsp3) is 0.412. The molecule has 4 rings (SSSR count). The summed E-state index contributed by atoms with van der Waals surface area (Å²) in [6, 6.07) is 23.8. The van der Waals surface area contributed by atoms with Gasteiger partial charge in [0.25, 0.3) is 0 Å². The first-order chi connectivity index (χ1) is 20.5. The van der Waals surface area contributed by atoms with Gasteiger partial charge in [-0.25, -0.2) is 8.42 Å². The highest BCUT2D eigenvalue weighted by atomic mass is 79.9. The second kappa shape index (κ2) is 15.0. The van der Waals surface area contributed by atoms with Gasteiger partial charge in [0.2, 0.25) is 21.8 Å². The lowest BCUT2D eigenvalue weighted by Gasteiger charge is -2.35. The highest BCUT2D eigenvalue weighted by molar-refractivity contribution is 9.10. The van der Waals surface area contributed by atoms with E-state index in [2.05, 4.69) is 21.2 Å². The summed E-state index contributed by atoms with van der Waals surface area (Å²) in [6.45, 7) is 3.72. The lowest BCUT2D eigenvalue weighted by atomic mass is 9.94. The zero-order chi connectivity index (χ0) is 31.0. The fourth-order valence-electron chi connectivity index (χ4n) is 5.73. The molecule has 0 unspecified atom stereocenters. The molecule has 0 aliphatic heterocycles. The predicted molar refractivity (Wildman–Crippen MR) is 176 cm³/mol. The van der Waals surface area contributed by atoms with E-state index in [-0.39, 0.29) is 24.4 Å². The number of nitrogens with zero attached hydrogens (tertiary/aromatic N) is 2. The maximum absolute atomic E-state index is 14.4. The number of carbonyl (C=O) groups excluding carboxylic acids is 2. The summed E-state index contributed by atoms with van der Waals surface area (Å²) in [6.07, 6.45) is 6.54. The first-order valence-corrected chi connectivity index (χ1v) is 17.6. The molecule has 9 heteroatoms. The molecule has 3 aromatic rings. The van der Waals surface area contributed by atoms with Crippen LogP contribution in [0.4, 0.5) is 5.69 Å². The smallest absolute Gasteiger partial charge is 0.244 e. The molecule has 1 saturated carbocycles. The number of benzene rings is 3. The Balaban J connectivity index is 1.75. The van der Waals surface area contributed by atoms with Gasteiger partial charge in [-0.3, -0.25) is 13.9 Å².